The van der Waals surface area contributed by atoms with Gasteiger partial charge in [0.15, 0.2) is 0 Å². The van der Waals surface area contributed by atoms with E-state index in [9.17, 15) is 4.39 Å². The Labute approximate surface area is 212 Å². The van der Waals surface area contributed by atoms with Crippen molar-refractivity contribution in [2.75, 3.05) is 50.0 Å². The van der Waals surface area contributed by atoms with Crippen molar-refractivity contribution in [3.8, 4) is 23.0 Å². The number of hydrogen-bond acceptors (Lipinski definition) is 6. The number of nitrogens with two attached hydrogens (primary N) is 1. The summed E-state index contributed by atoms with van der Waals surface area (Å²) < 4.78 is 16.4. The summed E-state index contributed by atoms with van der Waals surface area (Å²) in [5, 5.41) is 17.6. The maximum absolute atomic E-state index is 14.6. The van der Waals surface area contributed by atoms with Gasteiger partial charge in [0.1, 0.15) is 17.7 Å². The molecule has 2 aromatic carbocycles. The summed E-state index contributed by atoms with van der Waals surface area (Å²) in [4.78, 5) is 4.72. The van der Waals surface area contributed by atoms with Crippen LogP contribution in [0.3, 0.4) is 0 Å². The molecule has 2 fully saturated rings. The smallest absolute Gasteiger partial charge is 0.149 e. The van der Waals surface area contributed by atoms with Gasteiger partial charge < -0.3 is 20.9 Å². The lowest BCUT2D eigenvalue weighted by Crippen LogP contribution is -2.44. The van der Waals surface area contributed by atoms with Crippen molar-refractivity contribution < 1.29 is 4.39 Å². The topological polar surface area (TPSA) is 86.1 Å². The zero-order chi connectivity index (χ0) is 25.1. The highest BCUT2D eigenvalue weighted by Crippen LogP contribution is 2.30. The van der Waals surface area contributed by atoms with Crippen LogP contribution < -0.4 is 16.0 Å². The number of benzene rings is 2. The summed E-state index contributed by atoms with van der Waals surface area (Å²) in [7, 11) is 2.15. The number of hydrogen-bond donors (Lipinski definition) is 2. The van der Waals surface area contributed by atoms with Crippen LogP contribution in [0.15, 0.2) is 48.5 Å². The first-order valence-electron chi connectivity index (χ1n) is 12.8. The highest BCUT2D eigenvalue weighted by molar-refractivity contribution is 5.68. The van der Waals surface area contributed by atoms with E-state index in [2.05, 4.69) is 34.3 Å². The second-order valence-corrected chi connectivity index (χ2v) is 10.1. The van der Waals surface area contributed by atoms with Crippen molar-refractivity contribution in [1.29, 1.82) is 5.26 Å². The minimum atomic E-state index is -0.528. The SMILES string of the molecule is CN1CCN(c2cccc(-n3nc(NC[C@H]4CCC[C@H](N)C4)cc3-c3ccc(C#N)c(F)c3)c2)CC1. The molecule has 3 N–H and O–H groups in total. The largest absolute Gasteiger partial charge is 0.369 e. The van der Waals surface area contributed by atoms with Gasteiger partial charge in [-0.2, -0.15) is 5.26 Å². The third kappa shape index (κ3) is 5.38. The lowest BCUT2D eigenvalue weighted by molar-refractivity contribution is 0.313. The molecule has 0 spiro atoms. The Morgan fingerprint density at radius 2 is 1.89 bits per heavy atom. The van der Waals surface area contributed by atoms with Crippen LogP contribution in [-0.2, 0) is 0 Å². The van der Waals surface area contributed by atoms with E-state index in [-0.39, 0.29) is 11.6 Å². The molecule has 188 valence electrons. The quantitative estimate of drug-likeness (QED) is 0.541. The van der Waals surface area contributed by atoms with Crippen LogP contribution >= 0.6 is 0 Å². The van der Waals surface area contributed by atoms with Crippen LogP contribution in [0.1, 0.15) is 31.2 Å². The van der Waals surface area contributed by atoms with Crippen molar-refractivity contribution in [2.45, 2.75) is 31.7 Å². The van der Waals surface area contributed by atoms with Gasteiger partial charge in [-0.25, -0.2) is 9.07 Å². The van der Waals surface area contributed by atoms with Crippen molar-refractivity contribution in [3.63, 3.8) is 0 Å². The standard InChI is InChI=1S/C28H34FN7/c1-34-10-12-35(13-11-34)24-6-3-7-25(16-24)36-27(21-8-9-22(18-30)26(29)15-21)17-28(33-36)32-19-20-4-2-5-23(31)14-20/h3,6-9,15-17,20,23H,2,4-5,10-14,19,31H2,1H3,(H,32,33)/t20-,23-/m0/s1. The minimum Gasteiger partial charge on any atom is -0.369 e. The number of nitriles is 1. The number of likely N-dealkylation sites (N-methyl/N-ethyl adjacent to an activating group) is 1. The minimum absolute atomic E-state index is 0.0360. The van der Waals surface area contributed by atoms with E-state index < -0.39 is 5.82 Å². The normalized spacial score (nSPS) is 20.8. The monoisotopic (exact) mass is 487 g/mol. The zero-order valence-electron chi connectivity index (χ0n) is 20.8. The maximum Gasteiger partial charge on any atom is 0.149 e. The molecule has 0 unspecified atom stereocenters. The fourth-order valence-corrected chi connectivity index (χ4v) is 5.29. The third-order valence-corrected chi connectivity index (χ3v) is 7.43. The van der Waals surface area contributed by atoms with Crippen LogP contribution in [0.25, 0.3) is 16.9 Å². The van der Waals surface area contributed by atoms with E-state index in [1.54, 1.807) is 6.07 Å². The Morgan fingerprint density at radius 1 is 1.08 bits per heavy atom. The first-order chi connectivity index (χ1) is 17.5. The highest BCUT2D eigenvalue weighted by atomic mass is 19.1. The van der Waals surface area contributed by atoms with Crippen LogP contribution in [0.4, 0.5) is 15.9 Å². The molecule has 5 rings (SSSR count). The summed E-state index contributed by atoms with van der Waals surface area (Å²) in [6.45, 7) is 4.82. The molecule has 1 aromatic heterocycles. The molecule has 3 aromatic rings. The van der Waals surface area contributed by atoms with Crippen LogP contribution in [0.5, 0.6) is 0 Å². The van der Waals surface area contributed by atoms with Crippen molar-refractivity contribution in [2.24, 2.45) is 11.7 Å². The van der Waals surface area contributed by atoms with Crippen molar-refractivity contribution in [1.82, 2.24) is 14.7 Å². The number of aromatic nitrogens is 2. The molecule has 0 amide bonds. The highest BCUT2D eigenvalue weighted by Gasteiger charge is 2.21. The molecule has 2 aliphatic rings. The first kappa shape index (κ1) is 24.3. The van der Waals surface area contributed by atoms with Crippen LogP contribution in [0, 0.1) is 23.1 Å². The number of rotatable bonds is 6. The molecule has 0 radical (unpaired) electrons. The molecule has 1 aliphatic heterocycles. The van der Waals surface area contributed by atoms with Crippen molar-refractivity contribution >= 4 is 11.5 Å². The zero-order valence-corrected chi connectivity index (χ0v) is 20.8. The molecule has 7 nitrogen and oxygen atoms in total. The van der Waals surface area contributed by atoms with E-state index in [4.69, 9.17) is 16.1 Å². The van der Waals surface area contributed by atoms with Gasteiger partial charge in [-0.3, -0.25) is 0 Å². The predicted octanol–water partition coefficient (Wildman–Crippen LogP) is 4.23. The van der Waals surface area contributed by atoms with Gasteiger partial charge in [0.05, 0.1) is 16.9 Å². The van der Waals surface area contributed by atoms with Gasteiger partial charge in [0.25, 0.3) is 0 Å². The fourth-order valence-electron chi connectivity index (χ4n) is 5.29. The molecule has 2 heterocycles. The molecular weight excluding hydrogens is 453 g/mol. The predicted molar refractivity (Wildman–Crippen MR) is 142 cm³/mol. The Balaban J connectivity index is 1.46. The molecule has 36 heavy (non-hydrogen) atoms. The van der Waals surface area contributed by atoms with Crippen LogP contribution in [-0.4, -0.2) is 60.5 Å². The van der Waals surface area contributed by atoms with Gasteiger partial charge in [-0.15, -0.1) is 5.10 Å². The number of halogens is 1. The Kier molecular flexibility index (Phi) is 7.21. The third-order valence-electron chi connectivity index (χ3n) is 7.43. The summed E-state index contributed by atoms with van der Waals surface area (Å²) in [5.41, 5.74) is 9.74. The van der Waals surface area contributed by atoms with Gasteiger partial charge >= 0.3 is 0 Å². The summed E-state index contributed by atoms with van der Waals surface area (Å²) in [6.07, 6.45) is 4.45. The lowest BCUT2D eigenvalue weighted by atomic mass is 9.86. The van der Waals surface area contributed by atoms with Gasteiger partial charge in [0.2, 0.25) is 0 Å². The molecule has 0 bridgehead atoms. The average Bonchev–Trinajstić information content (AvgIpc) is 3.32. The van der Waals surface area contributed by atoms with E-state index in [1.165, 1.54) is 18.6 Å². The van der Waals surface area contributed by atoms with Gasteiger partial charge in [-0.05, 0) is 62.6 Å². The summed E-state index contributed by atoms with van der Waals surface area (Å²) >= 11 is 0. The second kappa shape index (κ2) is 10.7. The van der Waals surface area contributed by atoms with Crippen molar-refractivity contribution in [3.05, 3.63) is 59.9 Å². The molecule has 8 heteroatoms. The maximum atomic E-state index is 14.6. The number of nitrogens with zero attached hydrogens (tertiary/aromatic N) is 5. The number of nitrogens with one attached hydrogen (secondary N) is 1. The average molecular weight is 488 g/mol. The fraction of sp³-hybridized carbons (Fsp3) is 0.429. The Hall–Kier alpha value is -3.41. The van der Waals surface area contributed by atoms with E-state index in [1.807, 2.05) is 29.0 Å². The number of anilines is 2. The Morgan fingerprint density at radius 3 is 2.64 bits per heavy atom. The molecule has 2 atom stereocenters. The molecule has 1 saturated carbocycles. The molecular formula is C28H34FN7. The van der Waals surface area contributed by atoms with E-state index >= 15 is 0 Å². The summed E-state index contributed by atoms with van der Waals surface area (Å²) in [6, 6.07) is 17.2. The van der Waals surface area contributed by atoms with Gasteiger partial charge in [-0.1, -0.05) is 18.6 Å². The van der Waals surface area contributed by atoms with Crippen LogP contribution in [0.2, 0.25) is 0 Å². The van der Waals surface area contributed by atoms with Gasteiger partial charge in [0, 0.05) is 56.1 Å². The van der Waals surface area contributed by atoms with E-state index in [0.717, 1.165) is 74.9 Å². The lowest BCUT2D eigenvalue weighted by Gasteiger charge is -2.34. The molecule has 1 aliphatic carbocycles. The second-order valence-electron chi connectivity index (χ2n) is 10.1. The van der Waals surface area contributed by atoms with E-state index in [0.29, 0.717) is 11.5 Å². The summed E-state index contributed by atoms with van der Waals surface area (Å²) in [5.74, 6) is 0.744. The Bertz CT molecular complexity index is 1240. The number of piperazine rings is 1. The first-order valence-corrected chi connectivity index (χ1v) is 12.8. The molecule has 1 saturated heterocycles.